The quantitative estimate of drug-likeness (QED) is 0.563. The van der Waals surface area contributed by atoms with E-state index in [-0.39, 0.29) is 12.5 Å². The third-order valence-electron chi connectivity index (χ3n) is 3.66. The summed E-state index contributed by atoms with van der Waals surface area (Å²) in [5, 5.41) is 5.11. The summed E-state index contributed by atoms with van der Waals surface area (Å²) in [5.74, 6) is -0.846. The number of rotatable bonds is 8. The number of methoxy groups -OCH3 is 1. The van der Waals surface area contributed by atoms with Crippen LogP contribution in [-0.2, 0) is 19.1 Å². The molecule has 1 aromatic carbocycles. The monoisotopic (exact) mass is 472 g/mol. The Morgan fingerprint density at radius 3 is 2.14 bits per heavy atom. The van der Waals surface area contributed by atoms with Gasteiger partial charge in [-0.05, 0) is 51.0 Å². The minimum absolute atomic E-state index is 0.154. The van der Waals surface area contributed by atoms with Gasteiger partial charge in [0, 0.05) is 4.47 Å². The average Bonchev–Trinajstić information content (AvgIpc) is 2.61. The molecule has 2 atom stereocenters. The molecule has 162 valence electrons. The van der Waals surface area contributed by atoms with Crippen molar-refractivity contribution in [2.75, 3.05) is 13.7 Å². The van der Waals surface area contributed by atoms with Crippen molar-refractivity contribution in [3.05, 3.63) is 28.7 Å². The molecule has 0 bridgehead atoms. The van der Waals surface area contributed by atoms with Crippen molar-refractivity contribution < 1.29 is 28.6 Å². The SMILES string of the molecule is COC(=O)[C@H](NC(=O)[C@H](COc1ccc(Br)cc1)NC(=O)OC(C)(C)C)C(C)C. The minimum atomic E-state index is -1.08. The molecule has 0 aromatic heterocycles. The number of carbonyl (C=O) groups excluding carboxylic acids is 3. The first-order valence-corrected chi connectivity index (χ1v) is 9.98. The van der Waals surface area contributed by atoms with Crippen LogP contribution >= 0.6 is 15.9 Å². The number of esters is 1. The first-order valence-electron chi connectivity index (χ1n) is 9.19. The van der Waals surface area contributed by atoms with Crippen LogP contribution in [0, 0.1) is 5.92 Å². The zero-order chi connectivity index (χ0) is 22.2. The molecule has 0 aliphatic carbocycles. The van der Waals surface area contributed by atoms with Crippen LogP contribution in [0.15, 0.2) is 28.7 Å². The highest BCUT2D eigenvalue weighted by atomic mass is 79.9. The van der Waals surface area contributed by atoms with Crippen LogP contribution in [-0.4, -0.2) is 49.4 Å². The molecule has 0 saturated carbocycles. The lowest BCUT2D eigenvalue weighted by Crippen LogP contribution is -2.55. The number of nitrogens with one attached hydrogen (secondary N) is 2. The molecule has 0 heterocycles. The zero-order valence-electron chi connectivity index (χ0n) is 17.6. The average molecular weight is 473 g/mol. The smallest absolute Gasteiger partial charge is 0.408 e. The van der Waals surface area contributed by atoms with Gasteiger partial charge in [0.15, 0.2) is 0 Å². The molecule has 0 aliphatic heterocycles. The third kappa shape index (κ3) is 9.17. The summed E-state index contributed by atoms with van der Waals surface area (Å²) < 4.78 is 16.5. The summed E-state index contributed by atoms with van der Waals surface area (Å²) in [6, 6.07) is 5.08. The Hall–Kier alpha value is -2.29. The van der Waals surface area contributed by atoms with Crippen molar-refractivity contribution in [2.24, 2.45) is 5.92 Å². The largest absolute Gasteiger partial charge is 0.491 e. The molecule has 8 nitrogen and oxygen atoms in total. The van der Waals surface area contributed by atoms with Gasteiger partial charge in [0.2, 0.25) is 5.91 Å². The van der Waals surface area contributed by atoms with Gasteiger partial charge in [-0.2, -0.15) is 0 Å². The van der Waals surface area contributed by atoms with Crippen LogP contribution < -0.4 is 15.4 Å². The molecule has 0 unspecified atom stereocenters. The Bertz CT molecular complexity index is 700. The van der Waals surface area contributed by atoms with E-state index in [1.165, 1.54) is 7.11 Å². The molecular weight excluding hydrogens is 444 g/mol. The van der Waals surface area contributed by atoms with Gasteiger partial charge in [-0.1, -0.05) is 29.8 Å². The standard InChI is InChI=1S/C20H29BrN2O6/c1-12(2)16(18(25)27-6)23-17(24)15(22-19(26)29-20(3,4)5)11-28-14-9-7-13(21)8-10-14/h7-10,12,15-16H,11H2,1-6H3,(H,22,26)(H,23,24)/t15-,16+/m0/s1. The highest BCUT2D eigenvalue weighted by Gasteiger charge is 2.31. The predicted octanol–water partition coefficient (Wildman–Crippen LogP) is 3.04. The molecule has 1 rings (SSSR count). The lowest BCUT2D eigenvalue weighted by atomic mass is 10.0. The number of benzene rings is 1. The highest BCUT2D eigenvalue weighted by Crippen LogP contribution is 2.16. The van der Waals surface area contributed by atoms with E-state index in [0.29, 0.717) is 5.75 Å². The number of alkyl carbamates (subject to hydrolysis) is 1. The summed E-state index contributed by atoms with van der Waals surface area (Å²) in [6.45, 7) is 8.54. The van der Waals surface area contributed by atoms with Gasteiger partial charge in [0.25, 0.3) is 0 Å². The fourth-order valence-corrected chi connectivity index (χ4v) is 2.49. The van der Waals surface area contributed by atoms with Gasteiger partial charge in [-0.3, -0.25) is 4.79 Å². The van der Waals surface area contributed by atoms with Crippen LogP contribution in [0.25, 0.3) is 0 Å². The Labute approximate surface area is 179 Å². The molecule has 1 aromatic rings. The summed E-state index contributed by atoms with van der Waals surface area (Å²) in [6.07, 6.45) is -0.767. The lowest BCUT2D eigenvalue weighted by Gasteiger charge is -2.26. The van der Waals surface area contributed by atoms with E-state index in [9.17, 15) is 14.4 Å². The van der Waals surface area contributed by atoms with Crippen LogP contribution in [0.2, 0.25) is 0 Å². The molecule has 0 spiro atoms. The Morgan fingerprint density at radius 2 is 1.66 bits per heavy atom. The molecule has 2 N–H and O–H groups in total. The normalized spacial score (nSPS) is 13.2. The maximum Gasteiger partial charge on any atom is 0.408 e. The second kappa shape index (κ2) is 11.0. The third-order valence-corrected chi connectivity index (χ3v) is 4.19. The first kappa shape index (κ1) is 24.7. The van der Waals surface area contributed by atoms with Gasteiger partial charge in [-0.25, -0.2) is 9.59 Å². The van der Waals surface area contributed by atoms with E-state index in [4.69, 9.17) is 14.2 Å². The summed E-state index contributed by atoms with van der Waals surface area (Å²) in [5.41, 5.74) is -0.732. The van der Waals surface area contributed by atoms with Gasteiger partial charge in [-0.15, -0.1) is 0 Å². The molecule has 0 fully saturated rings. The van der Waals surface area contributed by atoms with Gasteiger partial charge in [0.1, 0.15) is 30.0 Å². The summed E-state index contributed by atoms with van der Waals surface area (Å²) in [4.78, 5) is 36.9. The number of hydrogen-bond donors (Lipinski definition) is 2. The number of ether oxygens (including phenoxy) is 3. The van der Waals surface area contributed by atoms with Crippen molar-refractivity contribution in [1.82, 2.24) is 10.6 Å². The van der Waals surface area contributed by atoms with E-state index >= 15 is 0 Å². The van der Waals surface area contributed by atoms with Gasteiger partial charge >= 0.3 is 12.1 Å². The van der Waals surface area contributed by atoms with E-state index < -0.39 is 35.7 Å². The first-order chi connectivity index (χ1) is 13.4. The summed E-state index contributed by atoms with van der Waals surface area (Å²) >= 11 is 3.33. The van der Waals surface area contributed by atoms with Gasteiger partial charge < -0.3 is 24.8 Å². The van der Waals surface area contributed by atoms with E-state index in [1.807, 2.05) is 0 Å². The fourth-order valence-electron chi connectivity index (χ4n) is 2.22. The minimum Gasteiger partial charge on any atom is -0.491 e. The fraction of sp³-hybridized carbons (Fsp3) is 0.550. The molecule has 0 radical (unpaired) electrons. The van der Waals surface area contributed by atoms with Crippen molar-refractivity contribution in [2.45, 2.75) is 52.3 Å². The Kier molecular flexibility index (Phi) is 9.42. The number of hydrogen-bond acceptors (Lipinski definition) is 6. The van der Waals surface area contributed by atoms with Crippen molar-refractivity contribution in [3.8, 4) is 5.75 Å². The number of halogens is 1. The molecule has 2 amide bonds. The maximum absolute atomic E-state index is 12.8. The molecule has 29 heavy (non-hydrogen) atoms. The molecule has 0 aliphatic rings. The van der Waals surface area contributed by atoms with E-state index in [1.54, 1.807) is 58.9 Å². The highest BCUT2D eigenvalue weighted by molar-refractivity contribution is 9.10. The second-order valence-electron chi connectivity index (χ2n) is 7.72. The topological polar surface area (TPSA) is 103 Å². The van der Waals surface area contributed by atoms with Gasteiger partial charge in [0.05, 0.1) is 7.11 Å². The van der Waals surface area contributed by atoms with Crippen LogP contribution in [0.3, 0.4) is 0 Å². The number of carbonyl (C=O) groups is 3. The Morgan fingerprint density at radius 1 is 1.07 bits per heavy atom. The Balaban J connectivity index is 2.91. The molecule has 9 heteroatoms. The van der Waals surface area contributed by atoms with E-state index in [2.05, 4.69) is 26.6 Å². The number of amides is 2. The zero-order valence-corrected chi connectivity index (χ0v) is 19.2. The maximum atomic E-state index is 12.8. The second-order valence-corrected chi connectivity index (χ2v) is 8.63. The van der Waals surface area contributed by atoms with Crippen LogP contribution in [0.4, 0.5) is 4.79 Å². The van der Waals surface area contributed by atoms with Crippen LogP contribution in [0.1, 0.15) is 34.6 Å². The molecular formula is C20H29BrN2O6. The summed E-state index contributed by atoms with van der Waals surface area (Å²) in [7, 11) is 1.25. The molecule has 0 saturated heterocycles. The van der Waals surface area contributed by atoms with Crippen LogP contribution in [0.5, 0.6) is 5.75 Å². The lowest BCUT2D eigenvalue weighted by molar-refractivity contribution is -0.146. The van der Waals surface area contributed by atoms with E-state index in [0.717, 1.165) is 4.47 Å². The van der Waals surface area contributed by atoms with Crippen molar-refractivity contribution in [1.29, 1.82) is 0 Å². The van der Waals surface area contributed by atoms with Crippen molar-refractivity contribution >= 4 is 33.9 Å². The predicted molar refractivity (Wildman–Crippen MR) is 112 cm³/mol. The van der Waals surface area contributed by atoms with Crippen molar-refractivity contribution in [3.63, 3.8) is 0 Å².